The lowest BCUT2D eigenvalue weighted by molar-refractivity contribution is 0.406. The molecular formula is C14H21N3O2. The van der Waals surface area contributed by atoms with Crippen molar-refractivity contribution in [2.45, 2.75) is 33.2 Å². The van der Waals surface area contributed by atoms with Crippen LogP contribution >= 0.6 is 0 Å². The Morgan fingerprint density at radius 1 is 1.37 bits per heavy atom. The molecule has 1 rings (SSSR count). The summed E-state index contributed by atoms with van der Waals surface area (Å²) in [6, 6.07) is 3.28. The van der Waals surface area contributed by atoms with Crippen LogP contribution in [-0.2, 0) is 6.54 Å². The molecule has 0 aliphatic heterocycles. The van der Waals surface area contributed by atoms with Gasteiger partial charge in [-0.15, -0.1) is 0 Å². The van der Waals surface area contributed by atoms with Crippen LogP contribution in [0.15, 0.2) is 22.8 Å². The van der Waals surface area contributed by atoms with Crippen molar-refractivity contribution in [3.05, 3.63) is 28.8 Å². The lowest BCUT2D eigenvalue weighted by Crippen LogP contribution is -2.03. The number of aromatic hydroxyl groups is 1. The molecule has 1 aromatic rings. The maximum absolute atomic E-state index is 10.2. The fourth-order valence-corrected chi connectivity index (χ4v) is 2.11. The molecule has 0 unspecified atom stereocenters. The number of hydrogen-bond acceptors (Lipinski definition) is 5. The number of benzene rings is 1. The van der Waals surface area contributed by atoms with Crippen LogP contribution in [-0.4, -0.2) is 12.2 Å². The van der Waals surface area contributed by atoms with Crippen LogP contribution in [0, 0.1) is 5.53 Å². The predicted molar refractivity (Wildman–Crippen MR) is 75.2 cm³/mol. The number of methoxy groups -OCH3 is 1. The van der Waals surface area contributed by atoms with Crippen LogP contribution in [0.4, 0.5) is 0 Å². The maximum Gasteiger partial charge on any atom is 0.129 e. The van der Waals surface area contributed by atoms with Crippen molar-refractivity contribution >= 4 is 5.70 Å². The molecule has 0 bridgehead atoms. The molecule has 0 atom stereocenters. The molecular weight excluding hydrogens is 242 g/mol. The molecule has 19 heavy (non-hydrogen) atoms. The highest BCUT2D eigenvalue weighted by atomic mass is 16.5. The van der Waals surface area contributed by atoms with Crippen LogP contribution in [0.1, 0.15) is 37.8 Å². The first kappa shape index (κ1) is 15.2. The number of phenols is 1. The van der Waals surface area contributed by atoms with Crippen molar-refractivity contribution in [3.63, 3.8) is 0 Å². The van der Waals surface area contributed by atoms with E-state index in [1.165, 1.54) is 13.2 Å². The van der Waals surface area contributed by atoms with Gasteiger partial charge in [-0.3, -0.25) is 0 Å². The Bertz CT molecular complexity index is 490. The molecule has 5 nitrogen and oxygen atoms in total. The largest absolute Gasteiger partial charge is 0.507 e. The molecule has 104 valence electrons. The number of phenolic OH excluding ortho intramolecular Hbond substituents is 1. The Balaban J connectivity index is 3.56. The van der Waals surface area contributed by atoms with E-state index >= 15 is 0 Å². The van der Waals surface area contributed by atoms with Crippen molar-refractivity contribution in [1.29, 1.82) is 5.53 Å². The molecule has 0 heterocycles. The van der Waals surface area contributed by atoms with E-state index in [0.29, 0.717) is 17.0 Å². The Kier molecular flexibility index (Phi) is 5.51. The van der Waals surface area contributed by atoms with Crippen molar-refractivity contribution in [3.8, 4) is 11.5 Å². The van der Waals surface area contributed by atoms with Gasteiger partial charge in [-0.1, -0.05) is 13.8 Å². The van der Waals surface area contributed by atoms with E-state index < -0.39 is 0 Å². The van der Waals surface area contributed by atoms with E-state index in [2.05, 4.69) is 5.11 Å². The quantitative estimate of drug-likeness (QED) is 0.686. The monoisotopic (exact) mass is 263 g/mol. The first-order chi connectivity index (χ1) is 9.12. The lowest BCUT2D eigenvalue weighted by atomic mass is 9.97. The van der Waals surface area contributed by atoms with E-state index in [9.17, 15) is 5.11 Å². The molecule has 1 aromatic carbocycles. The van der Waals surface area contributed by atoms with Crippen LogP contribution in [0.5, 0.6) is 11.5 Å². The van der Waals surface area contributed by atoms with Gasteiger partial charge in [0.2, 0.25) is 0 Å². The van der Waals surface area contributed by atoms with Gasteiger partial charge in [-0.2, -0.15) is 5.11 Å². The smallest absolute Gasteiger partial charge is 0.129 e. The van der Waals surface area contributed by atoms with E-state index in [4.69, 9.17) is 16.0 Å². The molecule has 0 fully saturated rings. The van der Waals surface area contributed by atoms with Crippen molar-refractivity contribution in [1.82, 2.24) is 0 Å². The van der Waals surface area contributed by atoms with Gasteiger partial charge >= 0.3 is 0 Å². The second-order valence-corrected chi connectivity index (χ2v) is 4.16. The van der Waals surface area contributed by atoms with Crippen LogP contribution in [0.2, 0.25) is 0 Å². The average Bonchev–Trinajstić information content (AvgIpc) is 2.44. The standard InChI is InChI=1S/C14H21N3O2/c1-4-9(5-2)14(17-16)13-10(8-15)6-11(19-3)7-12(13)18/h6-7,16,18H,4-5,8,15H2,1-3H3. The van der Waals surface area contributed by atoms with Gasteiger partial charge in [0.05, 0.1) is 12.8 Å². The Labute approximate surface area is 113 Å². The van der Waals surface area contributed by atoms with Gasteiger partial charge in [0.15, 0.2) is 0 Å². The third-order valence-corrected chi connectivity index (χ3v) is 3.17. The van der Waals surface area contributed by atoms with Crippen molar-refractivity contribution in [2.24, 2.45) is 10.8 Å². The molecule has 0 radical (unpaired) electrons. The first-order valence-electron chi connectivity index (χ1n) is 6.32. The SMILES string of the molecule is CCC(CC)=C(N=N)c1c(O)cc(OC)cc1CN. The summed E-state index contributed by atoms with van der Waals surface area (Å²) < 4.78 is 5.11. The number of nitrogens with zero attached hydrogens (tertiary/aromatic N) is 1. The summed E-state index contributed by atoms with van der Waals surface area (Å²) >= 11 is 0. The molecule has 0 aromatic heterocycles. The third kappa shape index (κ3) is 3.12. The number of ether oxygens (including phenoxy) is 1. The van der Waals surface area contributed by atoms with Crippen LogP contribution in [0.25, 0.3) is 5.70 Å². The van der Waals surface area contributed by atoms with E-state index in [-0.39, 0.29) is 12.3 Å². The van der Waals surface area contributed by atoms with Gasteiger partial charge in [0.25, 0.3) is 0 Å². The normalized spacial score (nSPS) is 10.1. The molecule has 4 N–H and O–H groups in total. The maximum atomic E-state index is 10.2. The molecule has 0 aliphatic rings. The highest BCUT2D eigenvalue weighted by Crippen LogP contribution is 2.36. The number of nitrogens with two attached hydrogens (primary N) is 1. The number of allylic oxidation sites excluding steroid dienone is 1. The fourth-order valence-electron chi connectivity index (χ4n) is 2.11. The number of nitrogens with one attached hydrogen (secondary N) is 1. The Morgan fingerprint density at radius 3 is 2.42 bits per heavy atom. The third-order valence-electron chi connectivity index (χ3n) is 3.17. The lowest BCUT2D eigenvalue weighted by Gasteiger charge is -2.15. The zero-order valence-electron chi connectivity index (χ0n) is 11.7. The van der Waals surface area contributed by atoms with Crippen molar-refractivity contribution in [2.75, 3.05) is 7.11 Å². The fraction of sp³-hybridized carbons (Fsp3) is 0.429. The van der Waals surface area contributed by atoms with Gasteiger partial charge in [0, 0.05) is 18.2 Å². The van der Waals surface area contributed by atoms with E-state index in [0.717, 1.165) is 24.0 Å². The summed E-state index contributed by atoms with van der Waals surface area (Å²) in [6.07, 6.45) is 1.56. The summed E-state index contributed by atoms with van der Waals surface area (Å²) in [5.41, 5.74) is 15.9. The van der Waals surface area contributed by atoms with Crippen LogP contribution in [0.3, 0.4) is 0 Å². The second-order valence-electron chi connectivity index (χ2n) is 4.16. The number of rotatable bonds is 6. The van der Waals surface area contributed by atoms with E-state index in [1.807, 2.05) is 13.8 Å². The topological polar surface area (TPSA) is 91.7 Å². The van der Waals surface area contributed by atoms with Crippen molar-refractivity contribution < 1.29 is 9.84 Å². The zero-order chi connectivity index (χ0) is 14.4. The molecule has 0 amide bonds. The predicted octanol–water partition coefficient (Wildman–Crippen LogP) is 3.42. The Morgan fingerprint density at radius 2 is 2.00 bits per heavy atom. The molecule has 0 saturated heterocycles. The summed E-state index contributed by atoms with van der Waals surface area (Å²) in [7, 11) is 1.53. The average molecular weight is 263 g/mol. The molecule has 0 saturated carbocycles. The number of hydrogen-bond donors (Lipinski definition) is 3. The zero-order valence-corrected chi connectivity index (χ0v) is 11.7. The second kappa shape index (κ2) is 6.89. The van der Waals surface area contributed by atoms with E-state index in [1.54, 1.807) is 6.07 Å². The summed E-state index contributed by atoms with van der Waals surface area (Å²) in [5.74, 6) is 0.589. The summed E-state index contributed by atoms with van der Waals surface area (Å²) in [6.45, 7) is 4.26. The molecule has 0 spiro atoms. The Hall–Kier alpha value is -1.88. The summed E-state index contributed by atoms with van der Waals surface area (Å²) in [4.78, 5) is 0. The highest BCUT2D eigenvalue weighted by molar-refractivity contribution is 5.75. The minimum Gasteiger partial charge on any atom is -0.507 e. The van der Waals surface area contributed by atoms with Gasteiger partial charge in [-0.25, -0.2) is 5.53 Å². The molecule has 0 aliphatic carbocycles. The van der Waals surface area contributed by atoms with Gasteiger partial charge < -0.3 is 15.6 Å². The first-order valence-corrected chi connectivity index (χ1v) is 6.32. The highest BCUT2D eigenvalue weighted by Gasteiger charge is 2.17. The summed E-state index contributed by atoms with van der Waals surface area (Å²) in [5, 5.41) is 13.8. The minimum absolute atomic E-state index is 0.0465. The minimum atomic E-state index is 0.0465. The van der Waals surface area contributed by atoms with Gasteiger partial charge in [-0.05, 0) is 30.0 Å². The van der Waals surface area contributed by atoms with Crippen LogP contribution < -0.4 is 10.5 Å². The molecule has 5 heteroatoms. The van der Waals surface area contributed by atoms with Gasteiger partial charge in [0.1, 0.15) is 11.5 Å².